The minimum Gasteiger partial charge on any atom is -0.467 e. The number of hydrogen-bond donors (Lipinski definition) is 3. The summed E-state index contributed by atoms with van der Waals surface area (Å²) in [6.07, 6.45) is 1.50. The Balaban J connectivity index is 1.89. The number of nitrogens with one attached hydrogen (secondary N) is 2. The lowest BCUT2D eigenvalue weighted by Crippen LogP contribution is -2.86. The molecule has 2 aromatic rings. The Morgan fingerprint density at radius 2 is 2.11 bits per heavy atom. The molecular weight excluding hydrogens is 382 g/mol. The van der Waals surface area contributed by atoms with Gasteiger partial charge in [-0.05, 0) is 32.0 Å². The zero-order valence-corrected chi connectivity index (χ0v) is 16.5. The first-order chi connectivity index (χ1) is 13.5. The van der Waals surface area contributed by atoms with Crippen molar-refractivity contribution in [3.05, 3.63) is 70.3 Å². The zero-order valence-electron chi connectivity index (χ0n) is 15.7. The second kappa shape index (κ2) is 8.95. The van der Waals surface area contributed by atoms with Crippen molar-refractivity contribution in [1.82, 2.24) is 10.6 Å². The highest BCUT2D eigenvalue weighted by Gasteiger charge is 2.36. The van der Waals surface area contributed by atoms with Gasteiger partial charge in [0.1, 0.15) is 24.4 Å². The van der Waals surface area contributed by atoms with Crippen LogP contribution in [0, 0.1) is 0 Å². The third kappa shape index (κ3) is 4.37. The van der Waals surface area contributed by atoms with Crippen LogP contribution in [0.5, 0.6) is 0 Å². The van der Waals surface area contributed by atoms with Crippen LogP contribution in [0.4, 0.5) is 4.79 Å². The van der Waals surface area contributed by atoms with E-state index in [4.69, 9.17) is 20.8 Å². The number of rotatable bonds is 7. The molecule has 1 aromatic carbocycles. The third-order valence-corrected chi connectivity index (χ3v) is 4.89. The summed E-state index contributed by atoms with van der Waals surface area (Å²) < 4.78 is 10.6. The van der Waals surface area contributed by atoms with Gasteiger partial charge in [-0.1, -0.05) is 29.8 Å². The first-order valence-corrected chi connectivity index (χ1v) is 9.47. The number of halogens is 1. The second-order valence-corrected chi connectivity index (χ2v) is 6.82. The molecule has 2 amide bonds. The Morgan fingerprint density at radius 3 is 2.79 bits per heavy atom. The maximum atomic E-state index is 12.6. The Bertz CT molecular complexity index is 879. The number of benzene rings is 1. The highest BCUT2D eigenvalue weighted by molar-refractivity contribution is 6.31. The number of furan rings is 1. The molecule has 0 saturated heterocycles. The molecule has 0 fully saturated rings. The van der Waals surface area contributed by atoms with Crippen molar-refractivity contribution in [3.63, 3.8) is 0 Å². The van der Waals surface area contributed by atoms with Crippen LogP contribution in [0.15, 0.2) is 58.3 Å². The Morgan fingerprint density at radius 1 is 1.32 bits per heavy atom. The number of carbonyl (C=O) groups is 2. The van der Waals surface area contributed by atoms with Crippen molar-refractivity contribution < 1.29 is 24.1 Å². The smallest absolute Gasteiger partial charge is 0.338 e. The summed E-state index contributed by atoms with van der Waals surface area (Å²) in [6.45, 7) is 4.35. The van der Waals surface area contributed by atoms with Gasteiger partial charge in [-0.2, -0.15) is 0 Å². The van der Waals surface area contributed by atoms with E-state index in [2.05, 4.69) is 10.6 Å². The van der Waals surface area contributed by atoms with Crippen molar-refractivity contribution in [2.75, 3.05) is 13.2 Å². The SMILES string of the molecule is CCOC(=O)C1=C(C[NH2+][C@H](C)c2ccccc2Cl)NC(=O)N[C@H]1c1ccco1. The lowest BCUT2D eigenvalue weighted by atomic mass is 9.99. The molecule has 0 bridgehead atoms. The fourth-order valence-electron chi connectivity index (χ4n) is 3.16. The van der Waals surface area contributed by atoms with Crippen LogP contribution in [-0.2, 0) is 9.53 Å². The Hall–Kier alpha value is -2.77. The van der Waals surface area contributed by atoms with E-state index in [9.17, 15) is 9.59 Å². The first-order valence-electron chi connectivity index (χ1n) is 9.10. The van der Waals surface area contributed by atoms with Crippen LogP contribution in [-0.4, -0.2) is 25.2 Å². The van der Waals surface area contributed by atoms with Gasteiger partial charge in [0.2, 0.25) is 0 Å². The molecule has 2 heterocycles. The van der Waals surface area contributed by atoms with Crippen LogP contribution >= 0.6 is 11.6 Å². The number of quaternary nitrogens is 1. The summed E-state index contributed by atoms with van der Waals surface area (Å²) in [7, 11) is 0. The summed E-state index contributed by atoms with van der Waals surface area (Å²) in [5.74, 6) is -0.0280. The van der Waals surface area contributed by atoms with Gasteiger partial charge >= 0.3 is 12.0 Å². The van der Waals surface area contributed by atoms with Gasteiger partial charge in [0, 0.05) is 10.6 Å². The predicted molar refractivity (Wildman–Crippen MR) is 103 cm³/mol. The van der Waals surface area contributed by atoms with Crippen LogP contribution < -0.4 is 16.0 Å². The molecule has 0 spiro atoms. The van der Waals surface area contributed by atoms with E-state index in [1.807, 2.05) is 36.5 Å². The Labute approximate surface area is 168 Å². The van der Waals surface area contributed by atoms with E-state index >= 15 is 0 Å². The van der Waals surface area contributed by atoms with Crippen molar-refractivity contribution >= 4 is 23.6 Å². The van der Waals surface area contributed by atoms with E-state index in [0.717, 1.165) is 5.56 Å². The fraction of sp³-hybridized carbons (Fsp3) is 0.300. The predicted octanol–water partition coefficient (Wildman–Crippen LogP) is 2.43. The van der Waals surface area contributed by atoms with Crippen molar-refractivity contribution in [3.8, 4) is 0 Å². The molecule has 1 aliphatic rings. The molecule has 148 valence electrons. The fourth-order valence-corrected chi connectivity index (χ4v) is 3.47. The summed E-state index contributed by atoms with van der Waals surface area (Å²) in [4.78, 5) is 24.8. The standard InChI is InChI=1S/C20H22ClN3O4/c1-3-27-19(25)17-15(11-22-12(2)13-7-4-5-8-14(13)21)23-20(26)24-18(17)16-9-6-10-28-16/h4-10,12,18,22H,3,11H2,1-2H3,(H2,23,24,26)/p+1/t12-,18+/m1/s1. The lowest BCUT2D eigenvalue weighted by molar-refractivity contribution is -0.686. The number of amides is 2. The highest BCUT2D eigenvalue weighted by atomic mass is 35.5. The summed E-state index contributed by atoms with van der Waals surface area (Å²) in [6, 6.07) is 9.93. The van der Waals surface area contributed by atoms with E-state index < -0.39 is 18.0 Å². The van der Waals surface area contributed by atoms with Crippen LogP contribution in [0.3, 0.4) is 0 Å². The molecule has 2 atom stereocenters. The largest absolute Gasteiger partial charge is 0.467 e. The number of ether oxygens (including phenoxy) is 1. The minimum absolute atomic E-state index is 0.0264. The van der Waals surface area contributed by atoms with E-state index in [-0.39, 0.29) is 12.6 Å². The molecule has 0 unspecified atom stereocenters. The molecular formula is C20H23ClN3O4+. The second-order valence-electron chi connectivity index (χ2n) is 6.41. The van der Waals surface area contributed by atoms with Gasteiger partial charge < -0.3 is 25.1 Å². The summed E-state index contributed by atoms with van der Waals surface area (Å²) in [5.41, 5.74) is 1.80. The maximum absolute atomic E-state index is 12.6. The van der Waals surface area contributed by atoms with E-state index in [0.29, 0.717) is 28.6 Å². The molecule has 8 heteroatoms. The molecule has 0 saturated carbocycles. The molecule has 0 aliphatic carbocycles. The van der Waals surface area contributed by atoms with E-state index in [1.54, 1.807) is 19.1 Å². The van der Waals surface area contributed by atoms with Gasteiger partial charge in [0.25, 0.3) is 0 Å². The number of nitrogens with two attached hydrogens (primary N) is 1. The Kier molecular flexibility index (Phi) is 6.38. The number of esters is 1. The van der Waals surface area contributed by atoms with E-state index in [1.165, 1.54) is 6.26 Å². The van der Waals surface area contributed by atoms with Gasteiger partial charge in [-0.3, -0.25) is 0 Å². The average molecular weight is 405 g/mol. The quantitative estimate of drug-likeness (QED) is 0.617. The molecule has 7 nitrogen and oxygen atoms in total. The molecule has 3 rings (SSSR count). The van der Waals surface area contributed by atoms with Crippen LogP contribution in [0.1, 0.15) is 37.3 Å². The average Bonchev–Trinajstić information content (AvgIpc) is 3.20. The molecule has 1 aliphatic heterocycles. The monoisotopic (exact) mass is 404 g/mol. The summed E-state index contributed by atoms with van der Waals surface area (Å²) in [5, 5.41) is 8.15. The van der Waals surface area contributed by atoms with Crippen LogP contribution in [0.2, 0.25) is 5.02 Å². The normalized spacial score (nSPS) is 17.7. The topological polar surface area (TPSA) is 97.2 Å². The number of urea groups is 1. The molecule has 0 radical (unpaired) electrons. The molecule has 4 N–H and O–H groups in total. The van der Waals surface area contributed by atoms with Crippen molar-refractivity contribution in [2.45, 2.75) is 25.9 Å². The molecule has 28 heavy (non-hydrogen) atoms. The van der Waals surface area contributed by atoms with Gasteiger partial charge in [-0.25, -0.2) is 9.59 Å². The third-order valence-electron chi connectivity index (χ3n) is 4.55. The highest BCUT2D eigenvalue weighted by Crippen LogP contribution is 2.28. The number of hydrogen-bond acceptors (Lipinski definition) is 4. The van der Waals surface area contributed by atoms with Gasteiger partial charge in [0.15, 0.2) is 0 Å². The minimum atomic E-state index is -0.707. The lowest BCUT2D eigenvalue weighted by Gasteiger charge is -2.27. The zero-order chi connectivity index (χ0) is 20.1. The van der Waals surface area contributed by atoms with Crippen LogP contribution in [0.25, 0.3) is 0 Å². The molecule has 1 aromatic heterocycles. The van der Waals surface area contributed by atoms with Crippen molar-refractivity contribution in [1.29, 1.82) is 0 Å². The van der Waals surface area contributed by atoms with Gasteiger partial charge in [-0.15, -0.1) is 0 Å². The van der Waals surface area contributed by atoms with Crippen molar-refractivity contribution in [2.24, 2.45) is 0 Å². The maximum Gasteiger partial charge on any atom is 0.338 e. The summed E-state index contributed by atoms with van der Waals surface area (Å²) >= 11 is 6.28. The number of carbonyl (C=O) groups excluding carboxylic acids is 2. The van der Waals surface area contributed by atoms with Gasteiger partial charge in [0.05, 0.1) is 24.1 Å². The first kappa shape index (κ1) is 20.0.